The van der Waals surface area contributed by atoms with Crippen molar-refractivity contribution in [1.29, 1.82) is 0 Å². The van der Waals surface area contributed by atoms with Gasteiger partial charge in [0.25, 0.3) is 0 Å². The van der Waals surface area contributed by atoms with Gasteiger partial charge in [0, 0.05) is 11.7 Å². The molecule has 4 heteroatoms. The van der Waals surface area contributed by atoms with Crippen molar-refractivity contribution in [2.45, 2.75) is 45.2 Å². The van der Waals surface area contributed by atoms with Gasteiger partial charge >= 0.3 is 0 Å². The quantitative estimate of drug-likeness (QED) is 0.631. The smallest absolute Gasteiger partial charge is 0.149 e. The number of fused-ring (bicyclic) bond motifs is 2. The van der Waals surface area contributed by atoms with Crippen molar-refractivity contribution < 1.29 is 0 Å². The molecule has 0 N–H and O–H groups in total. The van der Waals surface area contributed by atoms with Gasteiger partial charge in [-0.1, -0.05) is 30.3 Å². The van der Waals surface area contributed by atoms with Gasteiger partial charge in [0.1, 0.15) is 11.5 Å². The molecule has 0 saturated heterocycles. The molecule has 0 amide bonds. The number of rotatable bonds is 1. The second-order valence-electron chi connectivity index (χ2n) is 7.61. The van der Waals surface area contributed by atoms with Crippen LogP contribution in [0.25, 0.3) is 5.65 Å². The molecule has 0 radical (unpaired) electrons. The third-order valence-corrected chi connectivity index (χ3v) is 5.04. The lowest BCUT2D eigenvalue weighted by Crippen LogP contribution is -2.59. The summed E-state index contributed by atoms with van der Waals surface area (Å²) in [5, 5.41) is 0. The third-order valence-electron chi connectivity index (χ3n) is 5.04. The van der Waals surface area contributed by atoms with Gasteiger partial charge in [-0.15, -0.1) is 12.4 Å². The Morgan fingerprint density at radius 1 is 0.958 bits per heavy atom. The Balaban J connectivity index is 0.00000169. The molecule has 24 heavy (non-hydrogen) atoms. The number of benzene rings is 1. The zero-order chi connectivity index (χ0) is 16.2. The number of pyridine rings is 1. The molecule has 2 aromatic heterocycles. The summed E-state index contributed by atoms with van der Waals surface area (Å²) >= 11 is 0. The Hall–Kier alpha value is -2.00. The van der Waals surface area contributed by atoms with E-state index in [9.17, 15) is 0 Å². The van der Waals surface area contributed by atoms with Crippen LogP contribution in [-0.2, 0) is 12.0 Å². The summed E-state index contributed by atoms with van der Waals surface area (Å²) in [6, 6.07) is 14.9. The molecule has 0 fully saturated rings. The van der Waals surface area contributed by atoms with E-state index < -0.39 is 0 Å². The number of aromatic nitrogens is 2. The van der Waals surface area contributed by atoms with E-state index in [0.717, 1.165) is 17.9 Å². The molecule has 1 aromatic carbocycles. The van der Waals surface area contributed by atoms with Gasteiger partial charge in [-0.05, 0) is 57.4 Å². The second kappa shape index (κ2) is 5.52. The van der Waals surface area contributed by atoms with Crippen LogP contribution in [0, 0.1) is 0 Å². The minimum Gasteiger partial charge on any atom is -0.341 e. The minimum absolute atomic E-state index is 0. The first kappa shape index (κ1) is 16.8. The van der Waals surface area contributed by atoms with Crippen LogP contribution < -0.4 is 4.90 Å². The summed E-state index contributed by atoms with van der Waals surface area (Å²) in [5.41, 5.74) is 3.75. The maximum Gasteiger partial charge on any atom is 0.149 e. The predicted octanol–water partition coefficient (Wildman–Crippen LogP) is 4.83. The van der Waals surface area contributed by atoms with Gasteiger partial charge < -0.3 is 9.30 Å². The van der Waals surface area contributed by atoms with Gasteiger partial charge in [-0.2, -0.15) is 0 Å². The molecule has 0 unspecified atom stereocenters. The number of hydrogen-bond acceptors (Lipinski definition) is 2. The molecule has 3 heterocycles. The number of nitrogens with zero attached hydrogens (tertiary/aromatic N) is 3. The van der Waals surface area contributed by atoms with Crippen LogP contribution in [0.5, 0.6) is 0 Å². The van der Waals surface area contributed by atoms with Crippen LogP contribution in [0.3, 0.4) is 0 Å². The Bertz CT molecular complexity index is 846. The van der Waals surface area contributed by atoms with E-state index in [1.807, 2.05) is 12.1 Å². The molecule has 0 bridgehead atoms. The van der Waals surface area contributed by atoms with Crippen LogP contribution in [-0.4, -0.2) is 14.9 Å². The van der Waals surface area contributed by atoms with Crippen LogP contribution >= 0.6 is 12.4 Å². The zero-order valence-electron chi connectivity index (χ0n) is 14.7. The summed E-state index contributed by atoms with van der Waals surface area (Å²) in [5.74, 6) is 1.04. The highest BCUT2D eigenvalue weighted by Crippen LogP contribution is 2.45. The monoisotopic (exact) mass is 341 g/mol. The number of imidazole rings is 1. The predicted molar refractivity (Wildman–Crippen MR) is 102 cm³/mol. The average molecular weight is 342 g/mol. The van der Waals surface area contributed by atoms with Gasteiger partial charge in [0.05, 0.1) is 11.7 Å². The summed E-state index contributed by atoms with van der Waals surface area (Å²) in [4.78, 5) is 7.37. The normalized spacial score (nSPS) is 18.1. The van der Waals surface area contributed by atoms with Crippen LogP contribution in [0.15, 0.2) is 54.9 Å². The summed E-state index contributed by atoms with van der Waals surface area (Å²) in [6.07, 6.45) is 5.23. The van der Waals surface area contributed by atoms with Gasteiger partial charge in [0.15, 0.2) is 0 Å². The maximum absolute atomic E-state index is 4.89. The lowest BCUT2D eigenvalue weighted by Gasteiger charge is -2.54. The van der Waals surface area contributed by atoms with Crippen molar-refractivity contribution in [3.63, 3.8) is 0 Å². The van der Waals surface area contributed by atoms with E-state index in [1.54, 1.807) is 0 Å². The molecule has 3 nitrogen and oxygen atoms in total. The maximum atomic E-state index is 4.89. The molecule has 1 aliphatic heterocycles. The Morgan fingerprint density at radius 3 is 2.42 bits per heavy atom. The second-order valence-corrected chi connectivity index (χ2v) is 7.61. The van der Waals surface area contributed by atoms with Crippen molar-refractivity contribution in [2.75, 3.05) is 4.90 Å². The fraction of sp³-hybridized carbons (Fsp3) is 0.350. The van der Waals surface area contributed by atoms with Crippen molar-refractivity contribution in [3.05, 3.63) is 66.0 Å². The lowest BCUT2D eigenvalue weighted by atomic mass is 9.75. The molecule has 1 aliphatic rings. The fourth-order valence-corrected chi connectivity index (χ4v) is 4.32. The largest absolute Gasteiger partial charge is 0.341 e. The van der Waals surface area contributed by atoms with E-state index in [4.69, 9.17) is 4.98 Å². The third kappa shape index (κ3) is 2.39. The molecule has 4 rings (SSSR count). The number of halogens is 1. The van der Waals surface area contributed by atoms with Crippen molar-refractivity contribution in [2.24, 2.45) is 0 Å². The Morgan fingerprint density at radius 2 is 1.67 bits per heavy atom. The molecule has 0 aliphatic carbocycles. The van der Waals surface area contributed by atoms with E-state index in [0.29, 0.717) is 0 Å². The van der Waals surface area contributed by atoms with E-state index >= 15 is 0 Å². The van der Waals surface area contributed by atoms with Crippen molar-refractivity contribution in [1.82, 2.24) is 9.38 Å². The fourth-order valence-electron chi connectivity index (χ4n) is 4.32. The molecule has 0 spiro atoms. The van der Waals surface area contributed by atoms with Crippen molar-refractivity contribution in [3.8, 4) is 0 Å². The van der Waals surface area contributed by atoms with E-state index in [-0.39, 0.29) is 23.5 Å². The molecular weight excluding hydrogens is 318 g/mol. The average Bonchev–Trinajstić information content (AvgIpc) is 2.88. The Kier molecular flexibility index (Phi) is 3.88. The first-order valence-corrected chi connectivity index (χ1v) is 8.22. The molecular formula is C20H24ClN3. The van der Waals surface area contributed by atoms with E-state index in [2.05, 4.69) is 79.7 Å². The molecule has 0 atom stereocenters. The highest BCUT2D eigenvalue weighted by Gasteiger charge is 2.45. The van der Waals surface area contributed by atoms with Gasteiger partial charge in [-0.25, -0.2) is 4.98 Å². The molecule has 0 saturated carbocycles. The standard InChI is InChI=1S/C20H23N3.ClH/c1-19(2)13-15-9-5-6-10-16(15)20(3,4)23(19)18-14-22-12-8-7-11-17(22)21-18;/h5-12,14H,13H2,1-4H3;1H. The number of anilines is 1. The van der Waals surface area contributed by atoms with Crippen LogP contribution in [0.4, 0.5) is 5.82 Å². The van der Waals surface area contributed by atoms with Crippen LogP contribution in [0.1, 0.15) is 38.8 Å². The SMILES string of the molecule is CC1(C)Cc2ccccc2C(C)(C)N1c1cn2ccccc2n1.Cl. The minimum atomic E-state index is -0.101. The highest BCUT2D eigenvalue weighted by atomic mass is 35.5. The topological polar surface area (TPSA) is 20.5 Å². The van der Waals surface area contributed by atoms with E-state index in [1.165, 1.54) is 11.1 Å². The number of hydrogen-bond donors (Lipinski definition) is 0. The highest BCUT2D eigenvalue weighted by molar-refractivity contribution is 5.85. The zero-order valence-corrected chi connectivity index (χ0v) is 15.5. The summed E-state index contributed by atoms with van der Waals surface area (Å²) in [7, 11) is 0. The summed E-state index contributed by atoms with van der Waals surface area (Å²) in [6.45, 7) is 9.23. The molecule has 126 valence electrons. The first-order valence-electron chi connectivity index (χ1n) is 8.22. The first-order chi connectivity index (χ1) is 10.9. The van der Waals surface area contributed by atoms with Gasteiger partial charge in [-0.3, -0.25) is 0 Å². The van der Waals surface area contributed by atoms with Crippen LogP contribution in [0.2, 0.25) is 0 Å². The molecule has 3 aromatic rings. The summed E-state index contributed by atoms with van der Waals surface area (Å²) < 4.78 is 2.10. The Labute approximate surface area is 149 Å². The lowest BCUT2D eigenvalue weighted by molar-refractivity contribution is 0.312. The van der Waals surface area contributed by atoms with Crippen molar-refractivity contribution >= 4 is 23.9 Å². The van der Waals surface area contributed by atoms with Gasteiger partial charge in [0.2, 0.25) is 0 Å².